The second-order valence-corrected chi connectivity index (χ2v) is 6.82. The fourth-order valence-electron chi connectivity index (χ4n) is 2.90. The van der Waals surface area contributed by atoms with Gasteiger partial charge in [-0.05, 0) is 24.1 Å². The summed E-state index contributed by atoms with van der Waals surface area (Å²) in [6, 6.07) is 16.5. The van der Waals surface area contributed by atoms with Crippen molar-refractivity contribution in [3.8, 4) is 5.75 Å². The van der Waals surface area contributed by atoms with Gasteiger partial charge in [0.1, 0.15) is 12.4 Å². The Bertz CT molecular complexity index is 633. The third-order valence-corrected chi connectivity index (χ3v) is 4.72. The van der Waals surface area contributed by atoms with Crippen LogP contribution in [0.15, 0.2) is 53.0 Å². The van der Waals surface area contributed by atoms with Gasteiger partial charge in [-0.15, -0.1) is 0 Å². The summed E-state index contributed by atoms with van der Waals surface area (Å²) in [5.74, 6) is 0.948. The van der Waals surface area contributed by atoms with Gasteiger partial charge in [0.2, 0.25) is 0 Å². The first-order valence-corrected chi connectivity index (χ1v) is 8.74. The van der Waals surface area contributed by atoms with Crippen molar-refractivity contribution in [1.29, 1.82) is 0 Å². The van der Waals surface area contributed by atoms with Gasteiger partial charge in [-0.2, -0.15) is 0 Å². The number of rotatable bonds is 6. The molecule has 0 spiro atoms. The first kappa shape index (κ1) is 16.5. The molecule has 1 saturated heterocycles. The summed E-state index contributed by atoms with van der Waals surface area (Å²) in [6.07, 6.45) is 1.46. The van der Waals surface area contributed by atoms with Crippen molar-refractivity contribution in [3.05, 3.63) is 64.1 Å². The predicted octanol–water partition coefficient (Wildman–Crippen LogP) is 4.25. The van der Waals surface area contributed by atoms with E-state index in [-0.39, 0.29) is 0 Å². The maximum atomic E-state index is 6.08. The summed E-state index contributed by atoms with van der Waals surface area (Å²) in [5, 5.41) is 0. The largest absolute Gasteiger partial charge is 0.489 e. The Morgan fingerprint density at radius 3 is 2.74 bits per heavy atom. The lowest BCUT2D eigenvalue weighted by Crippen LogP contribution is -2.22. The summed E-state index contributed by atoms with van der Waals surface area (Å²) in [5.41, 5.74) is 2.40. The lowest BCUT2D eigenvalue weighted by Gasteiger charge is -2.18. The Kier molecular flexibility index (Phi) is 5.70. The Morgan fingerprint density at radius 2 is 2.00 bits per heavy atom. The van der Waals surface area contributed by atoms with Crippen LogP contribution >= 0.6 is 15.9 Å². The number of likely N-dealkylation sites (tertiary alicyclic amines) is 1. The van der Waals surface area contributed by atoms with E-state index < -0.39 is 0 Å². The minimum Gasteiger partial charge on any atom is -0.489 e. The van der Waals surface area contributed by atoms with Crippen molar-refractivity contribution >= 4 is 15.9 Å². The van der Waals surface area contributed by atoms with Gasteiger partial charge in [-0.3, -0.25) is 4.90 Å². The zero-order valence-electron chi connectivity index (χ0n) is 13.4. The molecule has 1 aliphatic heterocycles. The van der Waals surface area contributed by atoms with E-state index in [4.69, 9.17) is 9.47 Å². The van der Waals surface area contributed by atoms with Gasteiger partial charge < -0.3 is 9.47 Å². The molecule has 0 aliphatic carbocycles. The number of hydrogen-bond donors (Lipinski definition) is 0. The minimum atomic E-state index is 0.360. The molecule has 1 aliphatic rings. The van der Waals surface area contributed by atoms with Crippen LogP contribution in [0.25, 0.3) is 0 Å². The summed E-state index contributed by atoms with van der Waals surface area (Å²) in [6.45, 7) is 3.56. The number of nitrogens with zero attached hydrogens (tertiary/aromatic N) is 1. The summed E-state index contributed by atoms with van der Waals surface area (Å²) in [4.78, 5) is 2.42. The van der Waals surface area contributed by atoms with Crippen LogP contribution in [0.3, 0.4) is 0 Å². The fourth-order valence-corrected chi connectivity index (χ4v) is 3.24. The van der Waals surface area contributed by atoms with E-state index in [1.165, 1.54) is 11.1 Å². The average Bonchev–Trinajstić information content (AvgIpc) is 3.04. The maximum Gasteiger partial charge on any atom is 0.125 e. The SMILES string of the molecule is COC1CCN(Cc2ccc(Br)cc2OCc2ccccc2)C1. The van der Waals surface area contributed by atoms with Crippen LogP contribution in [0, 0.1) is 0 Å². The molecule has 1 heterocycles. The van der Waals surface area contributed by atoms with Crippen LogP contribution in [0.1, 0.15) is 17.5 Å². The number of halogens is 1. The first-order valence-electron chi connectivity index (χ1n) is 7.95. The van der Waals surface area contributed by atoms with E-state index in [0.29, 0.717) is 12.7 Å². The quantitative estimate of drug-likeness (QED) is 0.753. The van der Waals surface area contributed by atoms with Gasteiger partial charge in [0.25, 0.3) is 0 Å². The van der Waals surface area contributed by atoms with Gasteiger partial charge in [0.05, 0.1) is 6.10 Å². The molecule has 4 heteroatoms. The van der Waals surface area contributed by atoms with Crippen LogP contribution in [-0.4, -0.2) is 31.2 Å². The summed E-state index contributed by atoms with van der Waals surface area (Å²) < 4.78 is 12.6. The average molecular weight is 376 g/mol. The molecular weight excluding hydrogens is 354 g/mol. The molecule has 0 N–H and O–H groups in total. The first-order chi connectivity index (χ1) is 11.2. The molecule has 23 heavy (non-hydrogen) atoms. The third kappa shape index (κ3) is 4.56. The normalized spacial score (nSPS) is 18.3. The molecule has 0 amide bonds. The molecule has 1 fully saturated rings. The number of hydrogen-bond acceptors (Lipinski definition) is 3. The highest BCUT2D eigenvalue weighted by Crippen LogP contribution is 2.27. The molecule has 2 aromatic rings. The van der Waals surface area contributed by atoms with Crippen LogP contribution < -0.4 is 4.74 Å². The molecule has 0 saturated carbocycles. The summed E-state index contributed by atoms with van der Waals surface area (Å²) in [7, 11) is 1.79. The van der Waals surface area contributed by atoms with Crippen molar-refractivity contribution in [2.24, 2.45) is 0 Å². The van der Waals surface area contributed by atoms with Crippen LogP contribution in [-0.2, 0) is 17.9 Å². The number of benzene rings is 2. The van der Waals surface area contributed by atoms with Gasteiger partial charge in [0.15, 0.2) is 0 Å². The summed E-state index contributed by atoms with van der Waals surface area (Å²) >= 11 is 3.54. The van der Waals surface area contributed by atoms with E-state index in [0.717, 1.165) is 36.3 Å². The molecule has 0 aromatic heterocycles. The van der Waals surface area contributed by atoms with Crippen LogP contribution in [0.4, 0.5) is 0 Å². The van der Waals surface area contributed by atoms with E-state index >= 15 is 0 Å². The Hall–Kier alpha value is -1.36. The van der Waals surface area contributed by atoms with Gasteiger partial charge in [-0.1, -0.05) is 52.3 Å². The minimum absolute atomic E-state index is 0.360. The van der Waals surface area contributed by atoms with E-state index in [1.54, 1.807) is 7.11 Å². The Labute approximate surface area is 146 Å². The van der Waals surface area contributed by atoms with Gasteiger partial charge in [0, 0.05) is 36.8 Å². The Balaban J connectivity index is 1.68. The van der Waals surface area contributed by atoms with Gasteiger partial charge >= 0.3 is 0 Å². The van der Waals surface area contributed by atoms with Crippen LogP contribution in [0.2, 0.25) is 0 Å². The van der Waals surface area contributed by atoms with Crippen molar-refractivity contribution < 1.29 is 9.47 Å². The molecule has 1 atom stereocenters. The molecule has 3 rings (SSSR count). The van der Waals surface area contributed by atoms with Crippen molar-refractivity contribution in [2.45, 2.75) is 25.7 Å². The van der Waals surface area contributed by atoms with Crippen molar-refractivity contribution in [3.63, 3.8) is 0 Å². The molecule has 1 unspecified atom stereocenters. The van der Waals surface area contributed by atoms with Crippen LogP contribution in [0.5, 0.6) is 5.75 Å². The maximum absolute atomic E-state index is 6.08. The fraction of sp³-hybridized carbons (Fsp3) is 0.368. The highest BCUT2D eigenvalue weighted by Gasteiger charge is 2.22. The third-order valence-electron chi connectivity index (χ3n) is 4.22. The molecule has 3 nitrogen and oxygen atoms in total. The molecule has 2 aromatic carbocycles. The highest BCUT2D eigenvalue weighted by molar-refractivity contribution is 9.10. The van der Waals surface area contributed by atoms with E-state index in [9.17, 15) is 0 Å². The second kappa shape index (κ2) is 7.95. The lowest BCUT2D eigenvalue weighted by atomic mass is 10.2. The molecule has 122 valence electrons. The van der Waals surface area contributed by atoms with E-state index in [2.05, 4.69) is 51.2 Å². The molecule has 0 bridgehead atoms. The predicted molar refractivity (Wildman–Crippen MR) is 95.6 cm³/mol. The topological polar surface area (TPSA) is 21.7 Å². The smallest absolute Gasteiger partial charge is 0.125 e. The number of methoxy groups -OCH3 is 1. The second-order valence-electron chi connectivity index (χ2n) is 5.91. The van der Waals surface area contributed by atoms with E-state index in [1.807, 2.05) is 18.2 Å². The molecule has 0 radical (unpaired) electrons. The monoisotopic (exact) mass is 375 g/mol. The van der Waals surface area contributed by atoms with Gasteiger partial charge in [-0.25, -0.2) is 0 Å². The lowest BCUT2D eigenvalue weighted by molar-refractivity contribution is 0.107. The van der Waals surface area contributed by atoms with Crippen molar-refractivity contribution in [1.82, 2.24) is 4.90 Å². The standard InChI is InChI=1S/C19H22BrNO2/c1-22-18-9-10-21(13-18)12-16-7-8-17(20)11-19(16)23-14-15-5-3-2-4-6-15/h2-8,11,18H,9-10,12-14H2,1H3. The Morgan fingerprint density at radius 1 is 1.17 bits per heavy atom. The zero-order valence-corrected chi connectivity index (χ0v) is 15.0. The zero-order chi connectivity index (χ0) is 16.1. The molecular formula is C19H22BrNO2. The van der Waals surface area contributed by atoms with Crippen molar-refractivity contribution in [2.75, 3.05) is 20.2 Å². The number of ether oxygens (including phenoxy) is 2. The highest BCUT2D eigenvalue weighted by atomic mass is 79.9.